The summed E-state index contributed by atoms with van der Waals surface area (Å²) in [5.74, 6) is 0.401. The zero-order chi connectivity index (χ0) is 28.0. The minimum atomic E-state index is -4.34. The lowest BCUT2D eigenvalue weighted by molar-refractivity contribution is -0.142. The third-order valence-electron chi connectivity index (χ3n) is 8.11. The Hall–Kier alpha value is -2.93. The highest BCUT2D eigenvalue weighted by atomic mass is 19.4. The van der Waals surface area contributed by atoms with Gasteiger partial charge in [0.2, 0.25) is 0 Å². The van der Waals surface area contributed by atoms with Crippen LogP contribution in [0.15, 0.2) is 72.5 Å². The second kappa shape index (κ2) is 12.9. The normalized spacial score (nSPS) is 22.9. The molecule has 1 fully saturated rings. The van der Waals surface area contributed by atoms with E-state index in [1.165, 1.54) is 24.8 Å². The van der Waals surface area contributed by atoms with Gasteiger partial charge in [0.1, 0.15) is 0 Å². The highest BCUT2D eigenvalue weighted by Crippen LogP contribution is 2.42. The maximum absolute atomic E-state index is 13.3. The fourth-order valence-corrected chi connectivity index (χ4v) is 5.96. The summed E-state index contributed by atoms with van der Waals surface area (Å²) in [5.41, 5.74) is 2.60. The van der Waals surface area contributed by atoms with Gasteiger partial charge in [0, 0.05) is 30.3 Å². The van der Waals surface area contributed by atoms with Crippen LogP contribution >= 0.6 is 0 Å². The molecule has 4 atom stereocenters. The molecule has 39 heavy (non-hydrogen) atoms. The van der Waals surface area contributed by atoms with Crippen LogP contribution in [0, 0.1) is 17.8 Å². The van der Waals surface area contributed by atoms with E-state index in [9.17, 15) is 18.0 Å². The predicted molar refractivity (Wildman–Crippen MR) is 148 cm³/mol. The Morgan fingerprint density at radius 3 is 2.49 bits per heavy atom. The molecule has 1 aromatic carbocycles. The van der Waals surface area contributed by atoms with E-state index in [-0.39, 0.29) is 29.9 Å². The Balaban J connectivity index is 1.63. The van der Waals surface area contributed by atoms with Crippen LogP contribution in [0.5, 0.6) is 0 Å². The first-order valence-electron chi connectivity index (χ1n) is 13.9. The van der Waals surface area contributed by atoms with Gasteiger partial charge in [-0.3, -0.25) is 14.7 Å². The van der Waals surface area contributed by atoms with Crippen molar-refractivity contribution in [2.45, 2.75) is 70.6 Å². The number of nitrogens with zero attached hydrogens (tertiary/aromatic N) is 2. The Kier molecular flexibility index (Phi) is 9.65. The summed E-state index contributed by atoms with van der Waals surface area (Å²) in [6.07, 6.45) is 6.05. The van der Waals surface area contributed by atoms with E-state index in [2.05, 4.69) is 48.0 Å². The fraction of sp³-hybridized carbons (Fsp3) is 0.500. The molecule has 0 spiro atoms. The van der Waals surface area contributed by atoms with Crippen LogP contribution in [-0.2, 0) is 9.53 Å². The van der Waals surface area contributed by atoms with Gasteiger partial charge in [0.05, 0.1) is 18.4 Å². The van der Waals surface area contributed by atoms with Crippen LogP contribution in [0.2, 0.25) is 0 Å². The number of pyridine rings is 1. The number of rotatable bonds is 9. The topological polar surface area (TPSA) is 42.4 Å². The van der Waals surface area contributed by atoms with Crippen LogP contribution in [0.25, 0.3) is 11.3 Å². The van der Waals surface area contributed by atoms with Crippen molar-refractivity contribution in [1.82, 2.24) is 9.88 Å². The van der Waals surface area contributed by atoms with Crippen molar-refractivity contribution in [3.05, 3.63) is 78.0 Å². The van der Waals surface area contributed by atoms with E-state index in [0.29, 0.717) is 18.8 Å². The molecule has 1 saturated heterocycles. The summed E-state index contributed by atoms with van der Waals surface area (Å²) in [6, 6.07) is 14.6. The molecule has 0 amide bonds. The zero-order valence-electron chi connectivity index (χ0n) is 23.0. The monoisotopic (exact) mass is 540 g/mol. The van der Waals surface area contributed by atoms with E-state index < -0.39 is 11.7 Å². The minimum absolute atomic E-state index is 0.0309. The Bertz CT molecular complexity index is 1140. The number of allylic oxidation sites excluding steroid dienone is 3. The second-order valence-electron chi connectivity index (χ2n) is 11.2. The fourth-order valence-electron chi connectivity index (χ4n) is 5.96. The molecule has 210 valence electrons. The van der Waals surface area contributed by atoms with Gasteiger partial charge >= 0.3 is 12.1 Å². The van der Waals surface area contributed by atoms with Crippen LogP contribution < -0.4 is 0 Å². The van der Waals surface area contributed by atoms with Crippen molar-refractivity contribution in [2.24, 2.45) is 17.8 Å². The number of methoxy groups -OCH3 is 1. The van der Waals surface area contributed by atoms with E-state index >= 15 is 0 Å². The molecule has 2 aliphatic rings. The quantitative estimate of drug-likeness (QED) is 0.303. The first-order chi connectivity index (χ1) is 18.7. The van der Waals surface area contributed by atoms with Gasteiger partial charge in [0.25, 0.3) is 0 Å². The van der Waals surface area contributed by atoms with Gasteiger partial charge in [-0.2, -0.15) is 13.2 Å². The number of halogens is 3. The smallest absolute Gasteiger partial charge is 0.416 e. The molecular weight excluding hydrogens is 501 g/mol. The Morgan fingerprint density at radius 1 is 1.13 bits per heavy atom. The second-order valence-corrected chi connectivity index (χ2v) is 11.2. The van der Waals surface area contributed by atoms with Gasteiger partial charge in [-0.15, -0.1) is 0 Å². The number of ether oxygens (including phenoxy) is 1. The molecule has 1 aliphatic heterocycles. The third-order valence-corrected chi connectivity index (χ3v) is 8.11. The van der Waals surface area contributed by atoms with Crippen molar-refractivity contribution in [3.8, 4) is 11.3 Å². The molecule has 2 heterocycles. The number of alkyl halides is 3. The van der Waals surface area contributed by atoms with E-state index in [1.807, 2.05) is 18.2 Å². The molecule has 1 aromatic heterocycles. The lowest BCUT2D eigenvalue weighted by Gasteiger charge is -2.47. The first-order valence-corrected chi connectivity index (χ1v) is 13.9. The molecule has 0 bridgehead atoms. The van der Waals surface area contributed by atoms with Gasteiger partial charge in [-0.1, -0.05) is 62.4 Å². The summed E-state index contributed by atoms with van der Waals surface area (Å²) in [4.78, 5) is 19.1. The van der Waals surface area contributed by atoms with Crippen LogP contribution in [0.4, 0.5) is 13.2 Å². The molecule has 1 aliphatic carbocycles. The van der Waals surface area contributed by atoms with Crippen LogP contribution in [-0.4, -0.2) is 41.7 Å². The lowest BCUT2D eigenvalue weighted by Crippen LogP contribution is -2.48. The molecule has 7 heteroatoms. The summed E-state index contributed by atoms with van der Waals surface area (Å²) in [5, 5.41) is 0. The van der Waals surface area contributed by atoms with E-state index in [1.54, 1.807) is 12.3 Å². The zero-order valence-corrected chi connectivity index (χ0v) is 23.0. The number of carbonyl (C=O) groups excluding carboxylic acids is 1. The number of hydrogen-bond acceptors (Lipinski definition) is 4. The first kappa shape index (κ1) is 29.1. The number of likely N-dealkylation sites (tertiary alicyclic amines) is 1. The average molecular weight is 541 g/mol. The predicted octanol–water partition coefficient (Wildman–Crippen LogP) is 7.93. The van der Waals surface area contributed by atoms with Crippen molar-refractivity contribution in [3.63, 3.8) is 0 Å². The number of hydrogen-bond donors (Lipinski definition) is 0. The van der Waals surface area contributed by atoms with Crippen molar-refractivity contribution in [1.29, 1.82) is 0 Å². The molecule has 0 N–H and O–H groups in total. The number of aromatic nitrogens is 1. The summed E-state index contributed by atoms with van der Waals surface area (Å²) >= 11 is 0. The lowest BCUT2D eigenvalue weighted by atomic mass is 9.77. The highest BCUT2D eigenvalue weighted by Gasteiger charge is 2.40. The van der Waals surface area contributed by atoms with E-state index in [4.69, 9.17) is 4.74 Å². The number of carbonyl (C=O) groups is 1. The molecule has 0 saturated carbocycles. The maximum atomic E-state index is 13.3. The molecule has 1 unspecified atom stereocenters. The summed E-state index contributed by atoms with van der Waals surface area (Å²) in [7, 11) is 1.40. The maximum Gasteiger partial charge on any atom is 0.416 e. The number of piperidine rings is 1. The minimum Gasteiger partial charge on any atom is -0.469 e. The third kappa shape index (κ3) is 7.59. The SMILES string of the molecule is COC(=O)C[C@H]1CCN([C@@H](CCC(C)C)c2ccc(-c3ccccn3)cc2)[C@@H](C2C=CC(C(F)(F)F)=CC2)C1. The van der Waals surface area contributed by atoms with E-state index in [0.717, 1.165) is 43.5 Å². The summed E-state index contributed by atoms with van der Waals surface area (Å²) in [6.45, 7) is 5.22. The Morgan fingerprint density at radius 2 is 1.90 bits per heavy atom. The van der Waals surface area contributed by atoms with Gasteiger partial charge in [0.15, 0.2) is 0 Å². The standard InChI is InChI=1S/C32H39F3N2O2/c1-22(2)7-16-29(25-10-8-24(9-11-25)28-6-4-5-18-36-28)37-19-17-23(21-31(38)39-3)20-30(37)26-12-14-27(15-13-26)32(33,34)35/h4-6,8-12,14-15,18,22-23,26,29-30H,7,13,16-17,19-21H2,1-3H3/t23-,26?,29-,30+/m0/s1. The number of esters is 1. The van der Waals surface area contributed by atoms with Crippen LogP contribution in [0.1, 0.15) is 64.0 Å². The molecular formula is C32H39F3N2O2. The molecule has 0 radical (unpaired) electrons. The number of benzene rings is 1. The average Bonchev–Trinajstić information content (AvgIpc) is 2.94. The molecule has 2 aromatic rings. The molecule has 4 rings (SSSR count). The van der Waals surface area contributed by atoms with Gasteiger partial charge in [-0.05, 0) is 74.1 Å². The Labute approximate surface area is 230 Å². The van der Waals surface area contributed by atoms with Crippen molar-refractivity contribution >= 4 is 5.97 Å². The largest absolute Gasteiger partial charge is 0.469 e. The van der Waals surface area contributed by atoms with Gasteiger partial charge < -0.3 is 4.74 Å². The highest BCUT2D eigenvalue weighted by molar-refractivity contribution is 5.69. The van der Waals surface area contributed by atoms with Crippen molar-refractivity contribution in [2.75, 3.05) is 13.7 Å². The summed E-state index contributed by atoms with van der Waals surface area (Å²) < 4.78 is 44.9. The van der Waals surface area contributed by atoms with Crippen molar-refractivity contribution < 1.29 is 22.7 Å². The molecule has 4 nitrogen and oxygen atoms in total. The van der Waals surface area contributed by atoms with Crippen LogP contribution in [0.3, 0.4) is 0 Å². The van der Waals surface area contributed by atoms with Gasteiger partial charge in [-0.25, -0.2) is 0 Å².